The van der Waals surface area contributed by atoms with Crippen molar-refractivity contribution in [2.24, 2.45) is 5.73 Å². The first kappa shape index (κ1) is 16.4. The van der Waals surface area contributed by atoms with Crippen molar-refractivity contribution in [1.82, 2.24) is 9.78 Å². The zero-order valence-corrected chi connectivity index (χ0v) is 14.0. The first-order valence-corrected chi connectivity index (χ1v) is 8.49. The van der Waals surface area contributed by atoms with Crippen LogP contribution in [0.1, 0.15) is 30.2 Å². The van der Waals surface area contributed by atoms with Crippen LogP contribution < -0.4 is 11.3 Å². The van der Waals surface area contributed by atoms with E-state index >= 15 is 0 Å². The number of benzene rings is 2. The number of fused-ring (bicyclic) bond motifs is 1. The summed E-state index contributed by atoms with van der Waals surface area (Å²) in [7, 11) is 0. The Morgan fingerprint density at radius 1 is 1.00 bits per heavy atom. The number of nitrogens with two attached hydrogens (primary N) is 1. The maximum Gasteiger partial charge on any atom is 0.274 e. The molecule has 0 spiro atoms. The number of rotatable bonds is 6. The number of hydrogen-bond donors (Lipinski definition) is 1. The summed E-state index contributed by atoms with van der Waals surface area (Å²) < 4.78 is 1.56. The molecule has 0 atom stereocenters. The lowest BCUT2D eigenvalue weighted by molar-refractivity contribution is 0.551. The van der Waals surface area contributed by atoms with Crippen LogP contribution in [-0.4, -0.2) is 16.3 Å². The quantitative estimate of drug-likeness (QED) is 0.759. The van der Waals surface area contributed by atoms with Crippen LogP contribution >= 0.6 is 0 Å². The molecule has 0 saturated carbocycles. The van der Waals surface area contributed by atoms with Gasteiger partial charge in [-0.1, -0.05) is 49.4 Å². The Kier molecular flexibility index (Phi) is 5.06. The fraction of sp³-hybridized carbons (Fsp3) is 0.300. The van der Waals surface area contributed by atoms with Crippen LogP contribution in [-0.2, 0) is 19.4 Å². The van der Waals surface area contributed by atoms with Gasteiger partial charge in [0, 0.05) is 18.4 Å². The van der Waals surface area contributed by atoms with E-state index in [0.717, 1.165) is 29.3 Å². The lowest BCUT2D eigenvalue weighted by Crippen LogP contribution is -2.26. The smallest absolute Gasteiger partial charge is 0.274 e. The van der Waals surface area contributed by atoms with Gasteiger partial charge in [-0.2, -0.15) is 5.10 Å². The van der Waals surface area contributed by atoms with E-state index in [0.29, 0.717) is 19.5 Å². The lowest BCUT2D eigenvalue weighted by Gasteiger charge is -2.11. The van der Waals surface area contributed by atoms with Crippen molar-refractivity contribution in [3.63, 3.8) is 0 Å². The van der Waals surface area contributed by atoms with E-state index in [1.165, 1.54) is 11.1 Å². The predicted octanol–water partition coefficient (Wildman–Crippen LogP) is 2.90. The van der Waals surface area contributed by atoms with Crippen molar-refractivity contribution in [2.45, 2.75) is 32.7 Å². The molecule has 4 heteroatoms. The summed E-state index contributed by atoms with van der Waals surface area (Å²) in [5.41, 5.74) is 9.01. The van der Waals surface area contributed by atoms with Crippen LogP contribution in [0.2, 0.25) is 0 Å². The van der Waals surface area contributed by atoms with E-state index < -0.39 is 0 Å². The van der Waals surface area contributed by atoms with Crippen molar-refractivity contribution in [3.05, 3.63) is 75.7 Å². The van der Waals surface area contributed by atoms with Gasteiger partial charge in [-0.3, -0.25) is 4.79 Å². The Labute approximate surface area is 141 Å². The highest BCUT2D eigenvalue weighted by Gasteiger charge is 2.10. The number of aryl methyl sites for hydroxylation is 2. The molecule has 124 valence electrons. The molecule has 3 rings (SSSR count). The zero-order chi connectivity index (χ0) is 16.9. The summed E-state index contributed by atoms with van der Waals surface area (Å²) in [5.74, 6) is 0. The van der Waals surface area contributed by atoms with E-state index in [1.807, 2.05) is 24.3 Å². The minimum Gasteiger partial charge on any atom is -0.330 e. The molecule has 1 heterocycles. The monoisotopic (exact) mass is 321 g/mol. The van der Waals surface area contributed by atoms with Crippen molar-refractivity contribution < 1.29 is 0 Å². The standard InChI is InChI=1S/C20H23N3O/c1-2-15-8-10-16(11-9-15)14-19-17-6-3-4-7-18(17)20(24)23(22-19)13-5-12-21/h3-4,6-11H,2,5,12-14,21H2,1H3. The van der Waals surface area contributed by atoms with Gasteiger partial charge < -0.3 is 5.73 Å². The lowest BCUT2D eigenvalue weighted by atomic mass is 10.0. The van der Waals surface area contributed by atoms with Gasteiger partial charge in [0.1, 0.15) is 0 Å². The van der Waals surface area contributed by atoms with Gasteiger partial charge in [0.25, 0.3) is 5.56 Å². The fourth-order valence-electron chi connectivity index (χ4n) is 2.91. The SMILES string of the molecule is CCc1ccc(Cc2nn(CCCN)c(=O)c3ccccc23)cc1. The van der Waals surface area contributed by atoms with Gasteiger partial charge in [-0.25, -0.2) is 4.68 Å². The second-order valence-electron chi connectivity index (χ2n) is 6.01. The van der Waals surface area contributed by atoms with Crippen LogP contribution in [0, 0.1) is 0 Å². The van der Waals surface area contributed by atoms with E-state index in [1.54, 1.807) is 4.68 Å². The Balaban J connectivity index is 2.04. The molecule has 24 heavy (non-hydrogen) atoms. The number of nitrogens with zero attached hydrogens (tertiary/aromatic N) is 2. The molecule has 0 fully saturated rings. The Morgan fingerprint density at radius 3 is 2.33 bits per heavy atom. The van der Waals surface area contributed by atoms with Crippen LogP contribution in [0.4, 0.5) is 0 Å². The molecule has 1 aromatic heterocycles. The maximum atomic E-state index is 12.6. The summed E-state index contributed by atoms with van der Waals surface area (Å²) in [6, 6.07) is 16.3. The van der Waals surface area contributed by atoms with Crippen molar-refractivity contribution in [3.8, 4) is 0 Å². The third-order valence-corrected chi connectivity index (χ3v) is 4.32. The number of aromatic nitrogens is 2. The van der Waals surface area contributed by atoms with Crippen LogP contribution in [0.25, 0.3) is 10.8 Å². The zero-order valence-electron chi connectivity index (χ0n) is 14.0. The van der Waals surface area contributed by atoms with E-state index in [-0.39, 0.29) is 5.56 Å². The molecule has 0 radical (unpaired) electrons. The Bertz CT molecular complexity index is 882. The molecular weight excluding hydrogens is 298 g/mol. The highest BCUT2D eigenvalue weighted by Crippen LogP contribution is 2.17. The van der Waals surface area contributed by atoms with Gasteiger partial charge in [0.15, 0.2) is 0 Å². The molecule has 2 aromatic carbocycles. The van der Waals surface area contributed by atoms with E-state index in [9.17, 15) is 4.79 Å². The van der Waals surface area contributed by atoms with E-state index in [4.69, 9.17) is 5.73 Å². The molecule has 0 saturated heterocycles. The van der Waals surface area contributed by atoms with Crippen LogP contribution in [0.15, 0.2) is 53.3 Å². The Hall–Kier alpha value is -2.46. The second kappa shape index (κ2) is 7.41. The molecule has 0 aliphatic heterocycles. The number of hydrogen-bond acceptors (Lipinski definition) is 3. The molecule has 4 nitrogen and oxygen atoms in total. The first-order chi connectivity index (χ1) is 11.7. The average Bonchev–Trinajstić information content (AvgIpc) is 2.63. The normalized spacial score (nSPS) is 11.1. The molecule has 0 aliphatic carbocycles. The molecular formula is C20H23N3O. The summed E-state index contributed by atoms with van der Waals surface area (Å²) in [6.07, 6.45) is 2.49. The van der Waals surface area contributed by atoms with Crippen LogP contribution in [0.5, 0.6) is 0 Å². The Morgan fingerprint density at radius 2 is 1.67 bits per heavy atom. The topological polar surface area (TPSA) is 60.9 Å². The first-order valence-electron chi connectivity index (χ1n) is 8.49. The summed E-state index contributed by atoms with van der Waals surface area (Å²) >= 11 is 0. The third-order valence-electron chi connectivity index (χ3n) is 4.32. The molecule has 3 aromatic rings. The highest BCUT2D eigenvalue weighted by molar-refractivity contribution is 5.83. The fourth-order valence-corrected chi connectivity index (χ4v) is 2.91. The largest absolute Gasteiger partial charge is 0.330 e. The van der Waals surface area contributed by atoms with Crippen molar-refractivity contribution in [2.75, 3.05) is 6.54 Å². The minimum atomic E-state index is -0.0378. The molecule has 2 N–H and O–H groups in total. The molecule has 0 amide bonds. The third kappa shape index (κ3) is 3.39. The molecule has 0 bridgehead atoms. The predicted molar refractivity (Wildman–Crippen MR) is 98.3 cm³/mol. The van der Waals surface area contributed by atoms with Crippen molar-refractivity contribution in [1.29, 1.82) is 0 Å². The summed E-state index contributed by atoms with van der Waals surface area (Å²) in [6.45, 7) is 3.26. The minimum absolute atomic E-state index is 0.0378. The highest BCUT2D eigenvalue weighted by atomic mass is 16.1. The van der Waals surface area contributed by atoms with E-state index in [2.05, 4.69) is 36.3 Å². The van der Waals surface area contributed by atoms with Crippen LogP contribution in [0.3, 0.4) is 0 Å². The van der Waals surface area contributed by atoms with Gasteiger partial charge in [-0.05, 0) is 36.6 Å². The van der Waals surface area contributed by atoms with Gasteiger partial charge >= 0.3 is 0 Å². The summed E-state index contributed by atoms with van der Waals surface area (Å²) in [5, 5.41) is 6.29. The van der Waals surface area contributed by atoms with Crippen molar-refractivity contribution >= 4 is 10.8 Å². The van der Waals surface area contributed by atoms with Gasteiger partial charge in [0.05, 0.1) is 11.1 Å². The van der Waals surface area contributed by atoms with Gasteiger partial charge in [-0.15, -0.1) is 0 Å². The maximum absolute atomic E-state index is 12.6. The average molecular weight is 321 g/mol. The molecule has 0 aliphatic rings. The van der Waals surface area contributed by atoms with Gasteiger partial charge in [0.2, 0.25) is 0 Å². The molecule has 0 unspecified atom stereocenters. The summed E-state index contributed by atoms with van der Waals surface area (Å²) in [4.78, 5) is 12.6. The second-order valence-corrected chi connectivity index (χ2v) is 6.01.